The van der Waals surface area contributed by atoms with Gasteiger partial charge in [-0.2, -0.15) is 0 Å². The second-order valence-electron chi connectivity index (χ2n) is 15.5. The summed E-state index contributed by atoms with van der Waals surface area (Å²) >= 11 is 0. The number of fused-ring (bicyclic) bond motifs is 6. The Morgan fingerprint density at radius 2 is 1.71 bits per heavy atom. The molecule has 5 heteroatoms. The maximum atomic E-state index is 16.2. The molecule has 0 radical (unpaired) electrons. The van der Waals surface area contributed by atoms with Crippen molar-refractivity contribution >= 4 is 22.4 Å². The van der Waals surface area contributed by atoms with E-state index in [1.807, 2.05) is 23.1 Å². The van der Waals surface area contributed by atoms with E-state index in [1.165, 1.54) is 21.9 Å². The number of phenols is 1. The van der Waals surface area contributed by atoms with Crippen LogP contribution < -0.4 is 4.90 Å². The number of aliphatic hydroxyl groups excluding tert-OH is 1. The van der Waals surface area contributed by atoms with Crippen molar-refractivity contribution < 1.29 is 19.4 Å². The maximum Gasteiger partial charge on any atom is 0.223 e. The van der Waals surface area contributed by atoms with Gasteiger partial charge in [0, 0.05) is 25.1 Å². The highest BCUT2D eigenvalue weighted by molar-refractivity contribution is 5.98. The second kappa shape index (κ2) is 14.3. The van der Waals surface area contributed by atoms with Crippen LogP contribution in [0.4, 0.5) is 10.1 Å². The summed E-state index contributed by atoms with van der Waals surface area (Å²) in [6, 6.07) is 28.8. The topological polar surface area (TPSA) is 60.8 Å². The summed E-state index contributed by atoms with van der Waals surface area (Å²) in [5.41, 5.74) is 5.39. The van der Waals surface area contributed by atoms with Crippen LogP contribution in [-0.4, -0.2) is 34.9 Å². The lowest BCUT2D eigenvalue weighted by atomic mass is 9.51. The van der Waals surface area contributed by atoms with Gasteiger partial charge in [-0.3, -0.25) is 4.79 Å². The van der Waals surface area contributed by atoms with Crippen molar-refractivity contribution in [1.82, 2.24) is 0 Å². The zero-order chi connectivity index (χ0) is 34.1. The molecule has 2 saturated carbocycles. The van der Waals surface area contributed by atoms with Crippen LogP contribution in [0.25, 0.3) is 10.8 Å². The molecule has 4 nitrogen and oxygen atoms in total. The molecule has 3 aliphatic rings. The van der Waals surface area contributed by atoms with Crippen LogP contribution in [0.2, 0.25) is 0 Å². The summed E-state index contributed by atoms with van der Waals surface area (Å²) in [6.07, 6.45) is 8.49. The summed E-state index contributed by atoms with van der Waals surface area (Å²) < 4.78 is 16.2. The van der Waals surface area contributed by atoms with Gasteiger partial charge in [-0.25, -0.2) is 4.39 Å². The van der Waals surface area contributed by atoms with Crippen molar-refractivity contribution in [1.29, 1.82) is 0 Å². The molecular formula is C44H52FNO3. The molecule has 49 heavy (non-hydrogen) atoms. The first-order valence-corrected chi connectivity index (χ1v) is 18.7. The SMILES string of the molecule is CC(=O)N(CCCc1ccccc1)c1ccc2ccccc2c1CCCCC[C@@H]1Cc2cc(O)ccc2C2C1C1CC[C@H](O)[C@@]1(C)C[C@@H]2F. The molecule has 7 rings (SSSR count). The fourth-order valence-corrected chi connectivity index (χ4v) is 10.3. The molecule has 3 aliphatic carbocycles. The van der Waals surface area contributed by atoms with Gasteiger partial charge in [-0.05, 0) is 132 Å². The van der Waals surface area contributed by atoms with E-state index >= 15 is 4.39 Å². The first-order chi connectivity index (χ1) is 23.7. The molecule has 4 aromatic rings. The molecular weight excluding hydrogens is 609 g/mol. The molecule has 0 heterocycles. The van der Waals surface area contributed by atoms with E-state index in [4.69, 9.17) is 0 Å². The van der Waals surface area contributed by atoms with Crippen LogP contribution in [0.1, 0.15) is 93.4 Å². The van der Waals surface area contributed by atoms with Crippen molar-refractivity contribution in [2.75, 3.05) is 11.4 Å². The van der Waals surface area contributed by atoms with E-state index in [0.717, 1.165) is 81.0 Å². The molecule has 0 saturated heterocycles. The minimum atomic E-state index is -0.980. The Balaban J connectivity index is 1.06. The Kier molecular flexibility index (Phi) is 9.84. The van der Waals surface area contributed by atoms with Gasteiger partial charge in [-0.15, -0.1) is 0 Å². The number of hydrogen-bond donors (Lipinski definition) is 2. The van der Waals surface area contributed by atoms with Crippen LogP contribution >= 0.6 is 0 Å². The van der Waals surface area contributed by atoms with Gasteiger partial charge >= 0.3 is 0 Å². The van der Waals surface area contributed by atoms with Crippen LogP contribution in [-0.2, 0) is 24.1 Å². The first kappa shape index (κ1) is 33.8. The molecule has 1 amide bonds. The van der Waals surface area contributed by atoms with Crippen LogP contribution in [0.15, 0.2) is 84.9 Å². The van der Waals surface area contributed by atoms with Gasteiger partial charge in [0.2, 0.25) is 5.91 Å². The van der Waals surface area contributed by atoms with Gasteiger partial charge in [0.15, 0.2) is 0 Å². The number of benzene rings is 4. The number of unbranched alkanes of at least 4 members (excludes halogenated alkanes) is 2. The average molecular weight is 662 g/mol. The molecule has 0 aliphatic heterocycles. The lowest BCUT2D eigenvalue weighted by molar-refractivity contribution is -0.116. The van der Waals surface area contributed by atoms with E-state index in [9.17, 15) is 15.0 Å². The lowest BCUT2D eigenvalue weighted by Crippen LogP contribution is -2.51. The van der Waals surface area contributed by atoms with Gasteiger partial charge in [0.05, 0.1) is 6.10 Å². The van der Waals surface area contributed by atoms with Crippen molar-refractivity contribution in [2.24, 2.45) is 23.2 Å². The number of aliphatic hydroxyl groups is 1. The van der Waals surface area contributed by atoms with Crippen molar-refractivity contribution in [3.8, 4) is 5.75 Å². The summed E-state index contributed by atoms with van der Waals surface area (Å²) in [7, 11) is 0. The number of phenolic OH excluding ortho intramolecular Hbond substituents is 1. The first-order valence-electron chi connectivity index (χ1n) is 18.7. The molecule has 0 bridgehead atoms. The largest absolute Gasteiger partial charge is 0.508 e. The number of nitrogens with zero attached hydrogens (tertiary/aromatic N) is 1. The Bertz CT molecular complexity index is 1770. The average Bonchev–Trinajstić information content (AvgIpc) is 3.39. The lowest BCUT2D eigenvalue weighted by Gasteiger charge is -2.54. The van der Waals surface area contributed by atoms with Gasteiger partial charge in [0.1, 0.15) is 11.9 Å². The quantitative estimate of drug-likeness (QED) is 0.157. The molecule has 258 valence electrons. The Morgan fingerprint density at radius 3 is 2.53 bits per heavy atom. The molecule has 3 unspecified atom stereocenters. The number of anilines is 1. The zero-order valence-corrected chi connectivity index (χ0v) is 29.2. The molecule has 7 atom stereocenters. The Hall–Kier alpha value is -3.70. The summed E-state index contributed by atoms with van der Waals surface area (Å²) in [5.74, 6) is 1.05. The highest BCUT2D eigenvalue weighted by Gasteiger charge is 2.59. The normalized spacial score (nSPS) is 27.3. The zero-order valence-electron chi connectivity index (χ0n) is 29.2. The van der Waals surface area contributed by atoms with E-state index in [2.05, 4.69) is 67.6 Å². The van der Waals surface area contributed by atoms with E-state index in [0.29, 0.717) is 24.8 Å². The number of alkyl halides is 1. The number of halogens is 1. The number of rotatable bonds is 11. The van der Waals surface area contributed by atoms with Crippen LogP contribution in [0.5, 0.6) is 5.75 Å². The monoisotopic (exact) mass is 661 g/mol. The number of aryl methyl sites for hydroxylation is 2. The van der Waals surface area contributed by atoms with E-state index in [-0.39, 0.29) is 28.9 Å². The third-order valence-electron chi connectivity index (χ3n) is 12.7. The van der Waals surface area contributed by atoms with Crippen molar-refractivity contribution in [3.05, 3.63) is 107 Å². The summed E-state index contributed by atoms with van der Waals surface area (Å²) in [4.78, 5) is 15.0. The molecule has 2 fully saturated rings. The number of carbonyl (C=O) groups is 1. The third kappa shape index (κ3) is 6.64. The predicted octanol–water partition coefficient (Wildman–Crippen LogP) is 9.73. The Labute approximate surface area is 291 Å². The highest BCUT2D eigenvalue weighted by Crippen LogP contribution is 2.63. The van der Waals surface area contributed by atoms with Gasteiger partial charge in [-0.1, -0.05) is 86.5 Å². The smallest absolute Gasteiger partial charge is 0.223 e. The fourth-order valence-electron chi connectivity index (χ4n) is 10.3. The van der Waals surface area contributed by atoms with Gasteiger partial charge < -0.3 is 15.1 Å². The van der Waals surface area contributed by atoms with Crippen molar-refractivity contribution in [3.63, 3.8) is 0 Å². The van der Waals surface area contributed by atoms with Crippen LogP contribution in [0, 0.1) is 23.2 Å². The standard InChI is InChI=1S/C44H52FNO3/c1-29(47)46(25-11-14-30-12-5-3-6-13-30)40-23-19-31-15-9-10-17-35(31)37(40)18-8-4-7-16-32-26-33-27-34(48)20-21-36(33)43-39(45)28-44(2)38(42(32)43)22-24-41(44)49/h3,5-6,9-10,12-13,15,17,19-21,23,27,32,38-39,41-43,48-49H,4,7-8,11,14,16,18,22,24-26,28H2,1-2H3/t32-,38?,39+,41+,42?,43?,44+/m1/s1. The highest BCUT2D eigenvalue weighted by atomic mass is 19.1. The molecule has 4 aromatic carbocycles. The molecule has 0 aromatic heterocycles. The number of hydrogen-bond acceptors (Lipinski definition) is 3. The maximum absolute atomic E-state index is 16.2. The minimum Gasteiger partial charge on any atom is -0.508 e. The third-order valence-corrected chi connectivity index (χ3v) is 12.7. The van der Waals surface area contributed by atoms with E-state index < -0.39 is 12.3 Å². The number of amides is 1. The fraction of sp³-hybridized carbons (Fsp3) is 0.477. The second-order valence-corrected chi connectivity index (χ2v) is 15.5. The number of aromatic hydroxyl groups is 1. The predicted molar refractivity (Wildman–Crippen MR) is 197 cm³/mol. The van der Waals surface area contributed by atoms with Crippen molar-refractivity contribution in [2.45, 2.75) is 103 Å². The molecule has 2 N–H and O–H groups in total. The van der Waals surface area contributed by atoms with Gasteiger partial charge in [0.25, 0.3) is 0 Å². The van der Waals surface area contributed by atoms with Crippen LogP contribution in [0.3, 0.4) is 0 Å². The summed E-state index contributed by atoms with van der Waals surface area (Å²) in [6.45, 7) is 4.49. The summed E-state index contributed by atoms with van der Waals surface area (Å²) in [5, 5.41) is 23.8. The van der Waals surface area contributed by atoms with E-state index in [1.54, 1.807) is 13.0 Å². The minimum absolute atomic E-state index is 0.0745. The molecule has 0 spiro atoms. The Morgan fingerprint density at radius 1 is 0.918 bits per heavy atom. The number of carbonyl (C=O) groups excluding carboxylic acids is 1.